The van der Waals surface area contributed by atoms with Crippen LogP contribution in [0.4, 0.5) is 11.4 Å². The lowest BCUT2D eigenvalue weighted by Crippen LogP contribution is -2.39. The van der Waals surface area contributed by atoms with Crippen LogP contribution >= 0.6 is 23.1 Å². The van der Waals surface area contributed by atoms with Gasteiger partial charge in [0.25, 0.3) is 5.69 Å². The lowest BCUT2D eigenvalue weighted by atomic mass is 10.2. The number of ether oxygens (including phenoxy) is 1. The Bertz CT molecular complexity index is 949. The average Bonchev–Trinajstić information content (AvgIpc) is 3.23. The van der Waals surface area contributed by atoms with Crippen molar-refractivity contribution in [3.63, 3.8) is 0 Å². The molecule has 10 nitrogen and oxygen atoms in total. The number of anilines is 1. The van der Waals surface area contributed by atoms with Gasteiger partial charge in [0.05, 0.1) is 23.0 Å². The molecule has 0 saturated carbocycles. The predicted octanol–water partition coefficient (Wildman–Crippen LogP) is 1.99. The van der Waals surface area contributed by atoms with E-state index in [1.807, 2.05) is 5.38 Å². The standard InChI is InChI=1S/C17H23N5O5S3/c18-30(25,26)14-1-2-15(16(11-14)22(23)24)20-13(12-29-17-19-4-10-28-17)3-5-21-6-8-27-9-7-21/h1-2,4,10-11,13,20H,3,5-9,12H2,(H2,18,25,26)/t13-/m1/s1. The molecule has 30 heavy (non-hydrogen) atoms. The summed E-state index contributed by atoms with van der Waals surface area (Å²) < 4.78 is 29.4. The molecule has 3 N–H and O–H groups in total. The van der Waals surface area contributed by atoms with Gasteiger partial charge in [-0.1, -0.05) is 11.8 Å². The van der Waals surface area contributed by atoms with Gasteiger partial charge in [0.2, 0.25) is 10.0 Å². The second-order valence-corrected chi connectivity index (χ2v) is 10.4. The second-order valence-electron chi connectivity index (χ2n) is 6.67. The van der Waals surface area contributed by atoms with Crippen LogP contribution in [0.1, 0.15) is 6.42 Å². The van der Waals surface area contributed by atoms with E-state index in [0.717, 1.165) is 36.5 Å². The SMILES string of the molecule is NS(=O)(=O)c1ccc(N[C@H](CCN2CCOCC2)CSc2nccs2)c([N+](=O)[O-])c1. The van der Waals surface area contributed by atoms with Gasteiger partial charge in [-0.05, 0) is 18.6 Å². The number of primary sulfonamides is 1. The molecule has 0 aliphatic carbocycles. The van der Waals surface area contributed by atoms with E-state index in [1.165, 1.54) is 23.5 Å². The Hall–Kier alpha value is -1.77. The largest absolute Gasteiger partial charge is 0.379 e. The molecular formula is C17H23N5O5S3. The van der Waals surface area contributed by atoms with Crippen molar-refractivity contribution in [3.05, 3.63) is 39.9 Å². The molecule has 1 atom stereocenters. The van der Waals surface area contributed by atoms with Crippen LogP contribution in [0.25, 0.3) is 0 Å². The van der Waals surface area contributed by atoms with Gasteiger partial charge in [0.15, 0.2) is 0 Å². The zero-order valence-electron chi connectivity index (χ0n) is 16.1. The summed E-state index contributed by atoms with van der Waals surface area (Å²) in [6, 6.07) is 3.58. The van der Waals surface area contributed by atoms with Gasteiger partial charge in [-0.3, -0.25) is 15.0 Å². The first kappa shape index (κ1) is 22.9. The van der Waals surface area contributed by atoms with Crippen molar-refractivity contribution in [3.8, 4) is 0 Å². The Morgan fingerprint density at radius 1 is 1.40 bits per heavy atom. The first-order valence-electron chi connectivity index (χ1n) is 9.23. The van der Waals surface area contributed by atoms with E-state index >= 15 is 0 Å². The molecule has 13 heteroatoms. The van der Waals surface area contributed by atoms with Crippen molar-refractivity contribution in [2.45, 2.75) is 21.7 Å². The lowest BCUT2D eigenvalue weighted by molar-refractivity contribution is -0.384. The molecule has 1 aliphatic rings. The number of nitro benzene ring substituents is 1. The van der Waals surface area contributed by atoms with E-state index in [0.29, 0.717) is 19.0 Å². The topological polar surface area (TPSA) is 141 Å². The summed E-state index contributed by atoms with van der Waals surface area (Å²) in [4.78, 5) is 17.2. The van der Waals surface area contributed by atoms with Gasteiger partial charge in [-0.15, -0.1) is 11.3 Å². The zero-order valence-corrected chi connectivity index (χ0v) is 18.5. The average molecular weight is 474 g/mol. The summed E-state index contributed by atoms with van der Waals surface area (Å²) in [5.41, 5.74) is -0.0590. The highest BCUT2D eigenvalue weighted by Crippen LogP contribution is 2.30. The lowest BCUT2D eigenvalue weighted by Gasteiger charge is -2.28. The Balaban J connectivity index is 1.75. The molecule has 1 fully saturated rings. The van der Waals surface area contributed by atoms with Crippen LogP contribution < -0.4 is 10.5 Å². The van der Waals surface area contributed by atoms with Crippen LogP contribution in [0.15, 0.2) is 39.0 Å². The Labute approximate surface area is 183 Å². The number of nitro groups is 1. The molecule has 164 valence electrons. The third-order valence-electron chi connectivity index (χ3n) is 4.57. The maximum Gasteiger partial charge on any atom is 0.293 e. The van der Waals surface area contributed by atoms with Gasteiger partial charge in [-0.2, -0.15) is 0 Å². The number of hydrogen-bond acceptors (Lipinski definition) is 10. The van der Waals surface area contributed by atoms with Crippen molar-refractivity contribution in [2.75, 3.05) is 43.9 Å². The third kappa shape index (κ3) is 6.62. The minimum absolute atomic E-state index is 0.0826. The number of benzene rings is 1. The first-order valence-corrected chi connectivity index (χ1v) is 12.6. The quantitative estimate of drug-likeness (QED) is 0.301. The smallest absolute Gasteiger partial charge is 0.293 e. The minimum atomic E-state index is -4.03. The summed E-state index contributed by atoms with van der Waals surface area (Å²) in [5, 5.41) is 21.8. The fraction of sp³-hybridized carbons (Fsp3) is 0.471. The van der Waals surface area contributed by atoms with Gasteiger partial charge >= 0.3 is 0 Å². The Morgan fingerprint density at radius 3 is 2.80 bits per heavy atom. The highest BCUT2D eigenvalue weighted by molar-refractivity contribution is 8.01. The summed E-state index contributed by atoms with van der Waals surface area (Å²) >= 11 is 3.12. The maximum atomic E-state index is 11.6. The normalized spacial score (nSPS) is 16.3. The monoisotopic (exact) mass is 473 g/mol. The van der Waals surface area contributed by atoms with Crippen molar-refractivity contribution >= 4 is 44.5 Å². The highest BCUT2D eigenvalue weighted by Gasteiger charge is 2.22. The van der Waals surface area contributed by atoms with Gasteiger partial charge in [0.1, 0.15) is 10.0 Å². The number of thioether (sulfide) groups is 1. The van der Waals surface area contributed by atoms with Gasteiger partial charge in [0, 0.05) is 49.1 Å². The number of aromatic nitrogens is 1. The molecule has 2 aromatic rings. The molecule has 0 bridgehead atoms. The van der Waals surface area contributed by atoms with Crippen LogP contribution in [0.2, 0.25) is 0 Å². The summed E-state index contributed by atoms with van der Waals surface area (Å²) in [5.74, 6) is 0.659. The summed E-state index contributed by atoms with van der Waals surface area (Å²) in [6.07, 6.45) is 2.49. The molecule has 2 heterocycles. The molecule has 0 radical (unpaired) electrons. The van der Waals surface area contributed by atoms with E-state index in [-0.39, 0.29) is 22.3 Å². The van der Waals surface area contributed by atoms with Crippen LogP contribution in [-0.4, -0.2) is 67.9 Å². The fourth-order valence-corrected chi connectivity index (χ4v) is 5.26. The van der Waals surface area contributed by atoms with Crippen molar-refractivity contribution < 1.29 is 18.1 Å². The van der Waals surface area contributed by atoms with E-state index in [4.69, 9.17) is 9.88 Å². The molecule has 0 unspecified atom stereocenters. The van der Waals surface area contributed by atoms with E-state index in [1.54, 1.807) is 18.0 Å². The number of nitrogens with one attached hydrogen (secondary N) is 1. The van der Waals surface area contributed by atoms with Gasteiger partial charge in [-0.25, -0.2) is 18.5 Å². The van der Waals surface area contributed by atoms with Crippen LogP contribution in [0, 0.1) is 10.1 Å². The Morgan fingerprint density at radius 2 is 2.17 bits per heavy atom. The fourth-order valence-electron chi connectivity index (χ4n) is 3.00. The number of hydrogen-bond donors (Lipinski definition) is 2. The molecule has 1 aromatic heterocycles. The zero-order chi connectivity index (χ0) is 21.6. The molecule has 1 aliphatic heterocycles. The number of morpholine rings is 1. The van der Waals surface area contributed by atoms with Crippen LogP contribution in [0.5, 0.6) is 0 Å². The van der Waals surface area contributed by atoms with Crippen molar-refractivity contribution in [1.29, 1.82) is 0 Å². The van der Waals surface area contributed by atoms with E-state index in [9.17, 15) is 18.5 Å². The summed E-state index contributed by atoms with van der Waals surface area (Å²) in [6.45, 7) is 3.94. The minimum Gasteiger partial charge on any atom is -0.379 e. The van der Waals surface area contributed by atoms with Crippen LogP contribution in [0.3, 0.4) is 0 Å². The number of thiazole rings is 1. The first-order chi connectivity index (χ1) is 14.3. The predicted molar refractivity (Wildman–Crippen MR) is 117 cm³/mol. The molecule has 1 saturated heterocycles. The number of nitrogens with two attached hydrogens (primary N) is 1. The van der Waals surface area contributed by atoms with Crippen molar-refractivity contribution in [1.82, 2.24) is 9.88 Å². The third-order valence-corrected chi connectivity index (χ3v) is 7.61. The Kier molecular flexibility index (Phi) is 8.02. The van der Waals surface area contributed by atoms with E-state index in [2.05, 4.69) is 15.2 Å². The number of rotatable bonds is 10. The molecule has 0 amide bonds. The second kappa shape index (κ2) is 10.5. The van der Waals surface area contributed by atoms with Crippen LogP contribution in [-0.2, 0) is 14.8 Å². The maximum absolute atomic E-state index is 11.6. The highest BCUT2D eigenvalue weighted by atomic mass is 32.2. The number of sulfonamides is 1. The molecule has 3 rings (SSSR count). The summed E-state index contributed by atoms with van der Waals surface area (Å²) in [7, 11) is -4.03. The molecular weight excluding hydrogens is 450 g/mol. The molecule has 0 spiro atoms. The number of nitrogens with zero attached hydrogens (tertiary/aromatic N) is 3. The van der Waals surface area contributed by atoms with Crippen molar-refractivity contribution in [2.24, 2.45) is 5.14 Å². The molecule has 1 aromatic carbocycles. The van der Waals surface area contributed by atoms with E-state index < -0.39 is 14.9 Å². The van der Waals surface area contributed by atoms with Gasteiger partial charge < -0.3 is 10.1 Å².